The fourth-order valence-electron chi connectivity index (χ4n) is 5.75. The summed E-state index contributed by atoms with van der Waals surface area (Å²) in [6, 6.07) is 30.4. The zero-order valence-electron chi connectivity index (χ0n) is 23.9. The first kappa shape index (κ1) is 28.5. The molecule has 0 bridgehead atoms. The van der Waals surface area contributed by atoms with Crippen LogP contribution < -0.4 is 0 Å². The molecule has 1 aromatic heterocycles. The lowest BCUT2D eigenvalue weighted by atomic mass is 9.74. The van der Waals surface area contributed by atoms with Gasteiger partial charge in [0, 0.05) is 18.5 Å². The number of carbonyl (C=O) groups excluding carboxylic acids is 1. The lowest BCUT2D eigenvalue weighted by Crippen LogP contribution is -2.48. The minimum atomic E-state index is -1.13. The molecule has 8 heteroatoms. The number of piperidine rings is 1. The Hall–Kier alpha value is -4.01. The second-order valence-corrected chi connectivity index (χ2v) is 11.7. The fourth-order valence-corrected chi connectivity index (χ4v) is 5.75. The Kier molecular flexibility index (Phi) is 7.98. The zero-order valence-corrected chi connectivity index (χ0v) is 23.9. The van der Waals surface area contributed by atoms with Crippen molar-refractivity contribution in [1.29, 1.82) is 0 Å². The summed E-state index contributed by atoms with van der Waals surface area (Å²) >= 11 is 0. The van der Waals surface area contributed by atoms with Gasteiger partial charge in [0.15, 0.2) is 5.82 Å². The van der Waals surface area contributed by atoms with Crippen LogP contribution in [0.25, 0.3) is 0 Å². The summed E-state index contributed by atoms with van der Waals surface area (Å²) in [7, 11) is 0. The molecule has 1 amide bonds. The maximum Gasteiger partial charge on any atom is 0.410 e. The van der Waals surface area contributed by atoms with Crippen molar-refractivity contribution in [3.05, 3.63) is 120 Å². The van der Waals surface area contributed by atoms with Crippen molar-refractivity contribution in [2.75, 3.05) is 19.7 Å². The number of aliphatic hydroxyl groups excluding tert-OH is 2. The number of hydrogen-bond donors (Lipinski definition) is 2. The van der Waals surface area contributed by atoms with E-state index in [4.69, 9.17) is 9.84 Å². The summed E-state index contributed by atoms with van der Waals surface area (Å²) in [6.07, 6.45) is 0.917. The first-order valence-corrected chi connectivity index (χ1v) is 14.1. The van der Waals surface area contributed by atoms with Gasteiger partial charge in [0.1, 0.15) is 23.6 Å². The Balaban J connectivity index is 1.53. The van der Waals surface area contributed by atoms with Crippen LogP contribution in [-0.4, -0.2) is 61.3 Å². The number of aliphatic hydroxyl groups is 2. The van der Waals surface area contributed by atoms with Gasteiger partial charge in [-0.3, -0.25) is 0 Å². The minimum absolute atomic E-state index is 0.233. The summed E-state index contributed by atoms with van der Waals surface area (Å²) in [5.74, 6) is 0.233. The quantitative estimate of drug-likeness (QED) is 0.306. The van der Waals surface area contributed by atoms with E-state index in [1.807, 2.05) is 80.1 Å². The van der Waals surface area contributed by atoms with Crippen LogP contribution in [0.4, 0.5) is 4.79 Å². The van der Waals surface area contributed by atoms with Gasteiger partial charge in [-0.15, -0.1) is 0 Å². The van der Waals surface area contributed by atoms with Gasteiger partial charge in [-0.1, -0.05) is 91.0 Å². The standard InChI is InChI=1S/C33H38N4O4/c1-31(2,3)41-30(40)36-21-19-32(23-38,20-22-36)28(39)29-34-24-37(35-29)33(25-13-7-4-8-14-25,26-15-9-5-10-16-26)27-17-11-6-12-18-27/h4-18,24,28,38-39H,19-23H2,1-3H3. The van der Waals surface area contributed by atoms with E-state index in [9.17, 15) is 15.0 Å². The van der Waals surface area contributed by atoms with Crippen LogP contribution >= 0.6 is 0 Å². The Morgan fingerprint density at radius 1 is 0.878 bits per heavy atom. The summed E-state index contributed by atoms with van der Waals surface area (Å²) in [4.78, 5) is 18.9. The van der Waals surface area contributed by atoms with E-state index >= 15 is 0 Å². The fraction of sp³-hybridized carbons (Fsp3) is 0.364. The Bertz CT molecular complexity index is 1330. The van der Waals surface area contributed by atoms with E-state index in [1.54, 1.807) is 11.2 Å². The average molecular weight is 555 g/mol. The summed E-state index contributed by atoms with van der Waals surface area (Å²) in [5.41, 5.74) is 0.630. The molecule has 1 aliphatic rings. The highest BCUT2D eigenvalue weighted by Crippen LogP contribution is 2.44. The number of benzene rings is 3. The van der Waals surface area contributed by atoms with Crippen molar-refractivity contribution < 1.29 is 19.7 Å². The molecule has 2 N–H and O–H groups in total. The van der Waals surface area contributed by atoms with Crippen LogP contribution in [0.5, 0.6) is 0 Å². The second-order valence-electron chi connectivity index (χ2n) is 11.7. The van der Waals surface area contributed by atoms with Crippen molar-refractivity contribution in [3.63, 3.8) is 0 Å². The lowest BCUT2D eigenvalue weighted by Gasteiger charge is -2.42. The molecule has 1 aliphatic heterocycles. The third-order valence-corrected chi connectivity index (χ3v) is 7.98. The number of amides is 1. The molecule has 1 saturated heterocycles. The van der Waals surface area contributed by atoms with Crippen LogP contribution in [0.3, 0.4) is 0 Å². The van der Waals surface area contributed by atoms with E-state index in [1.165, 1.54) is 0 Å². The number of rotatable bonds is 7. The van der Waals surface area contributed by atoms with Crippen molar-refractivity contribution in [2.45, 2.75) is 50.9 Å². The average Bonchev–Trinajstić information content (AvgIpc) is 3.48. The number of hydrogen-bond acceptors (Lipinski definition) is 6. The number of ether oxygens (including phenoxy) is 1. The predicted octanol–water partition coefficient (Wildman–Crippen LogP) is 5.16. The van der Waals surface area contributed by atoms with E-state index in [2.05, 4.69) is 41.4 Å². The topological polar surface area (TPSA) is 101 Å². The molecule has 4 aromatic rings. The van der Waals surface area contributed by atoms with Gasteiger partial charge in [-0.05, 0) is 50.3 Å². The maximum absolute atomic E-state index is 12.6. The van der Waals surface area contributed by atoms with E-state index in [0.717, 1.165) is 16.7 Å². The van der Waals surface area contributed by atoms with E-state index in [0.29, 0.717) is 25.9 Å². The second kappa shape index (κ2) is 11.5. The number of carbonyl (C=O) groups is 1. The van der Waals surface area contributed by atoms with Crippen molar-refractivity contribution in [2.24, 2.45) is 5.41 Å². The molecule has 1 atom stereocenters. The Morgan fingerprint density at radius 3 is 1.76 bits per heavy atom. The third-order valence-electron chi connectivity index (χ3n) is 7.98. The zero-order chi connectivity index (χ0) is 29.1. The first-order valence-electron chi connectivity index (χ1n) is 14.1. The molecule has 3 aromatic carbocycles. The minimum Gasteiger partial charge on any atom is -0.444 e. The van der Waals surface area contributed by atoms with Gasteiger partial charge in [0.2, 0.25) is 0 Å². The van der Waals surface area contributed by atoms with Gasteiger partial charge in [-0.2, -0.15) is 5.10 Å². The molecule has 2 heterocycles. The molecule has 1 fully saturated rings. The molecule has 0 aliphatic carbocycles. The molecule has 0 radical (unpaired) electrons. The van der Waals surface area contributed by atoms with Gasteiger partial charge in [0.05, 0.1) is 6.61 Å². The molecular weight excluding hydrogens is 516 g/mol. The van der Waals surface area contributed by atoms with E-state index < -0.39 is 22.7 Å². The Morgan fingerprint density at radius 2 is 1.34 bits per heavy atom. The normalized spacial score (nSPS) is 16.3. The van der Waals surface area contributed by atoms with Gasteiger partial charge in [0.25, 0.3) is 0 Å². The monoisotopic (exact) mass is 554 g/mol. The lowest BCUT2D eigenvalue weighted by molar-refractivity contribution is -0.0667. The van der Waals surface area contributed by atoms with Crippen LogP contribution in [0.15, 0.2) is 97.3 Å². The molecule has 0 saturated carbocycles. The van der Waals surface area contributed by atoms with E-state index in [-0.39, 0.29) is 18.5 Å². The van der Waals surface area contributed by atoms with Crippen molar-refractivity contribution >= 4 is 6.09 Å². The highest BCUT2D eigenvalue weighted by molar-refractivity contribution is 5.68. The van der Waals surface area contributed by atoms with Gasteiger partial charge in [-0.25, -0.2) is 14.5 Å². The summed E-state index contributed by atoms with van der Waals surface area (Å²) < 4.78 is 7.34. The van der Waals surface area contributed by atoms with Gasteiger partial charge < -0.3 is 19.8 Å². The van der Waals surface area contributed by atoms with Crippen LogP contribution in [-0.2, 0) is 10.3 Å². The highest BCUT2D eigenvalue weighted by Gasteiger charge is 2.46. The van der Waals surface area contributed by atoms with Crippen molar-refractivity contribution in [3.8, 4) is 0 Å². The molecule has 8 nitrogen and oxygen atoms in total. The molecule has 41 heavy (non-hydrogen) atoms. The molecule has 214 valence electrons. The third kappa shape index (κ3) is 5.49. The van der Waals surface area contributed by atoms with Crippen LogP contribution in [0.2, 0.25) is 0 Å². The number of aromatic nitrogens is 3. The maximum atomic E-state index is 12.6. The number of nitrogens with zero attached hydrogens (tertiary/aromatic N) is 4. The predicted molar refractivity (Wildman–Crippen MR) is 156 cm³/mol. The summed E-state index contributed by atoms with van der Waals surface area (Å²) in [6.45, 7) is 5.95. The SMILES string of the molecule is CC(C)(C)OC(=O)N1CCC(CO)(C(O)c2ncn(C(c3ccccc3)(c3ccccc3)c3ccccc3)n2)CC1. The van der Waals surface area contributed by atoms with Crippen LogP contribution in [0.1, 0.15) is 62.2 Å². The smallest absolute Gasteiger partial charge is 0.410 e. The highest BCUT2D eigenvalue weighted by atomic mass is 16.6. The molecule has 1 unspecified atom stereocenters. The Labute approximate surface area is 241 Å². The van der Waals surface area contributed by atoms with Gasteiger partial charge >= 0.3 is 6.09 Å². The summed E-state index contributed by atoms with van der Waals surface area (Å²) in [5, 5.41) is 27.1. The molecular formula is C33H38N4O4. The first-order chi connectivity index (χ1) is 19.7. The largest absolute Gasteiger partial charge is 0.444 e. The number of likely N-dealkylation sites (tertiary alicyclic amines) is 1. The molecule has 0 spiro atoms. The van der Waals surface area contributed by atoms with Crippen LogP contribution in [0, 0.1) is 5.41 Å². The van der Waals surface area contributed by atoms with Crippen molar-refractivity contribution in [1.82, 2.24) is 19.7 Å². The molecule has 5 rings (SSSR count).